The highest BCUT2D eigenvalue weighted by atomic mass is 16.3. The second-order valence-corrected chi connectivity index (χ2v) is 8.91. The van der Waals surface area contributed by atoms with Gasteiger partial charge in [0.1, 0.15) is 0 Å². The average Bonchev–Trinajstić information content (AvgIpc) is 3.01. The number of amides is 1. The second-order valence-electron chi connectivity index (χ2n) is 8.91. The number of carbonyl (C=O) groups excluding carboxylic acids is 1. The molecule has 0 aromatic carbocycles. The van der Waals surface area contributed by atoms with Crippen LogP contribution in [0.4, 0.5) is 0 Å². The Labute approximate surface area is 151 Å². The van der Waals surface area contributed by atoms with Crippen molar-refractivity contribution in [2.75, 3.05) is 19.7 Å². The highest BCUT2D eigenvalue weighted by molar-refractivity contribution is 5.79. The average molecular weight is 348 g/mol. The summed E-state index contributed by atoms with van der Waals surface area (Å²) in [5.41, 5.74) is 1.49. The van der Waals surface area contributed by atoms with Crippen molar-refractivity contribution < 1.29 is 9.90 Å². The third kappa shape index (κ3) is 4.25. The smallest absolute Gasteiger partial charge is 0.225 e. The number of likely N-dealkylation sites (tertiary alicyclic amines) is 1. The van der Waals surface area contributed by atoms with Crippen molar-refractivity contribution in [3.63, 3.8) is 0 Å². The summed E-state index contributed by atoms with van der Waals surface area (Å²) in [6.45, 7) is 9.25. The zero-order valence-corrected chi connectivity index (χ0v) is 15.9. The highest BCUT2D eigenvalue weighted by Crippen LogP contribution is 2.42. The zero-order chi connectivity index (χ0) is 18.0. The lowest BCUT2D eigenvalue weighted by atomic mass is 9.67. The molecule has 0 radical (unpaired) electrons. The number of aliphatic hydroxyl groups is 1. The monoisotopic (exact) mass is 347 g/mol. The Kier molecular flexibility index (Phi) is 5.52. The molecule has 1 N–H and O–H groups in total. The van der Waals surface area contributed by atoms with Crippen molar-refractivity contribution in [3.8, 4) is 0 Å². The van der Waals surface area contributed by atoms with Gasteiger partial charge in [-0.05, 0) is 49.5 Å². The second kappa shape index (κ2) is 7.48. The van der Waals surface area contributed by atoms with Crippen LogP contribution in [0.3, 0.4) is 0 Å². The largest absolute Gasteiger partial charge is 0.394 e. The van der Waals surface area contributed by atoms with Gasteiger partial charge in [0.25, 0.3) is 0 Å². The maximum atomic E-state index is 13.0. The van der Waals surface area contributed by atoms with Crippen LogP contribution in [0.5, 0.6) is 0 Å². The highest BCUT2D eigenvalue weighted by Gasteiger charge is 2.38. The van der Waals surface area contributed by atoms with Gasteiger partial charge in [-0.3, -0.25) is 9.48 Å². The lowest BCUT2D eigenvalue weighted by Gasteiger charge is -2.41. The van der Waals surface area contributed by atoms with Crippen LogP contribution in [-0.4, -0.2) is 45.4 Å². The van der Waals surface area contributed by atoms with Crippen LogP contribution in [0.1, 0.15) is 64.5 Å². The van der Waals surface area contributed by atoms with E-state index in [0.29, 0.717) is 24.3 Å². The van der Waals surface area contributed by atoms with Crippen LogP contribution in [0.15, 0.2) is 12.3 Å². The van der Waals surface area contributed by atoms with Gasteiger partial charge in [0.2, 0.25) is 5.91 Å². The van der Waals surface area contributed by atoms with Gasteiger partial charge < -0.3 is 10.0 Å². The summed E-state index contributed by atoms with van der Waals surface area (Å²) in [5.74, 6) is 1.67. The molecule has 1 saturated heterocycles. The molecule has 2 aliphatic rings. The Balaban J connectivity index is 1.58. The van der Waals surface area contributed by atoms with Crippen molar-refractivity contribution in [1.29, 1.82) is 0 Å². The standard InChI is InChI=1S/C20H33N3O2/c1-15-12-17(14-20(2,3)13-15)19(25)22-8-5-16(6-9-22)18-4-7-21-23(18)10-11-24/h4,7,15-17,24H,5-6,8-14H2,1-3H3. The predicted molar refractivity (Wildman–Crippen MR) is 98.2 cm³/mol. The van der Waals surface area contributed by atoms with Gasteiger partial charge in [-0.1, -0.05) is 20.8 Å². The Hall–Kier alpha value is -1.36. The fraction of sp³-hybridized carbons (Fsp3) is 0.800. The van der Waals surface area contributed by atoms with E-state index in [2.05, 4.69) is 36.8 Å². The first-order valence-electron chi connectivity index (χ1n) is 9.81. The van der Waals surface area contributed by atoms with Crippen LogP contribution in [-0.2, 0) is 11.3 Å². The maximum Gasteiger partial charge on any atom is 0.225 e. The normalized spacial score (nSPS) is 27.4. The van der Waals surface area contributed by atoms with Crippen molar-refractivity contribution in [2.45, 2.75) is 65.3 Å². The molecule has 2 unspecified atom stereocenters. The minimum Gasteiger partial charge on any atom is -0.394 e. The third-order valence-electron chi connectivity index (χ3n) is 6.02. The number of hydrogen-bond acceptors (Lipinski definition) is 3. The first-order chi connectivity index (χ1) is 11.9. The summed E-state index contributed by atoms with van der Waals surface area (Å²) in [7, 11) is 0. The fourth-order valence-electron chi connectivity index (χ4n) is 5.16. The van der Waals surface area contributed by atoms with E-state index in [1.807, 2.05) is 10.9 Å². The van der Waals surface area contributed by atoms with E-state index in [1.165, 1.54) is 12.1 Å². The number of nitrogens with zero attached hydrogens (tertiary/aromatic N) is 3. The SMILES string of the molecule is CC1CC(C(=O)N2CCC(c3ccnn3CCO)CC2)CC(C)(C)C1. The van der Waals surface area contributed by atoms with E-state index >= 15 is 0 Å². The molecule has 0 bridgehead atoms. The van der Waals surface area contributed by atoms with E-state index in [-0.39, 0.29) is 17.9 Å². The minimum atomic E-state index is 0.113. The van der Waals surface area contributed by atoms with E-state index in [1.54, 1.807) is 0 Å². The van der Waals surface area contributed by atoms with Crippen molar-refractivity contribution in [3.05, 3.63) is 18.0 Å². The number of rotatable bonds is 4. The quantitative estimate of drug-likeness (QED) is 0.911. The molecule has 0 spiro atoms. The van der Waals surface area contributed by atoms with E-state index in [4.69, 9.17) is 5.11 Å². The lowest BCUT2D eigenvalue weighted by Crippen LogP contribution is -2.44. The summed E-state index contributed by atoms with van der Waals surface area (Å²) in [5, 5.41) is 13.5. The van der Waals surface area contributed by atoms with Gasteiger partial charge in [-0.15, -0.1) is 0 Å². The number of piperidine rings is 1. The molecular formula is C20H33N3O2. The maximum absolute atomic E-state index is 13.0. The van der Waals surface area contributed by atoms with Gasteiger partial charge in [-0.25, -0.2) is 0 Å². The van der Waals surface area contributed by atoms with Crippen molar-refractivity contribution >= 4 is 5.91 Å². The molecule has 1 aliphatic heterocycles. The van der Waals surface area contributed by atoms with E-state index in [9.17, 15) is 4.79 Å². The molecule has 140 valence electrons. The third-order valence-corrected chi connectivity index (χ3v) is 6.02. The Morgan fingerprint density at radius 2 is 2.04 bits per heavy atom. The van der Waals surface area contributed by atoms with Crippen LogP contribution >= 0.6 is 0 Å². The molecule has 1 aromatic heterocycles. The molecule has 3 rings (SSSR count). The molecule has 1 aliphatic carbocycles. The molecule has 2 atom stereocenters. The lowest BCUT2D eigenvalue weighted by molar-refractivity contribution is -0.139. The van der Waals surface area contributed by atoms with Gasteiger partial charge in [0.15, 0.2) is 0 Å². The first-order valence-corrected chi connectivity index (χ1v) is 9.81. The van der Waals surface area contributed by atoms with E-state index < -0.39 is 0 Å². The molecule has 1 saturated carbocycles. The summed E-state index contributed by atoms with van der Waals surface area (Å²) < 4.78 is 1.91. The molecular weight excluding hydrogens is 314 g/mol. The first kappa shape index (κ1) is 18.4. The molecule has 25 heavy (non-hydrogen) atoms. The van der Waals surface area contributed by atoms with Gasteiger partial charge in [0, 0.05) is 36.8 Å². The summed E-state index contributed by atoms with van der Waals surface area (Å²) in [4.78, 5) is 15.1. The number of aliphatic hydroxyl groups excluding tert-OH is 1. The Morgan fingerprint density at radius 3 is 2.68 bits per heavy atom. The topological polar surface area (TPSA) is 58.4 Å². The van der Waals surface area contributed by atoms with Crippen LogP contribution in [0.25, 0.3) is 0 Å². The molecule has 2 fully saturated rings. The number of hydrogen-bond donors (Lipinski definition) is 1. The van der Waals surface area contributed by atoms with Gasteiger partial charge in [-0.2, -0.15) is 5.10 Å². The molecule has 5 nitrogen and oxygen atoms in total. The molecule has 5 heteroatoms. The fourth-order valence-corrected chi connectivity index (χ4v) is 5.16. The number of aromatic nitrogens is 2. The van der Waals surface area contributed by atoms with Crippen LogP contribution in [0, 0.1) is 17.3 Å². The Bertz CT molecular complexity index is 588. The van der Waals surface area contributed by atoms with Crippen LogP contribution < -0.4 is 0 Å². The predicted octanol–water partition coefficient (Wildman–Crippen LogP) is 3.04. The van der Waals surface area contributed by atoms with Gasteiger partial charge in [0.05, 0.1) is 13.2 Å². The summed E-state index contributed by atoms with van der Waals surface area (Å²) in [6, 6.07) is 2.06. The molecule has 1 aromatic rings. The van der Waals surface area contributed by atoms with Crippen molar-refractivity contribution in [1.82, 2.24) is 14.7 Å². The zero-order valence-electron chi connectivity index (χ0n) is 15.9. The van der Waals surface area contributed by atoms with Crippen LogP contribution in [0.2, 0.25) is 0 Å². The minimum absolute atomic E-state index is 0.113. The molecule has 2 heterocycles. The summed E-state index contributed by atoms with van der Waals surface area (Å²) >= 11 is 0. The van der Waals surface area contributed by atoms with Gasteiger partial charge >= 0.3 is 0 Å². The van der Waals surface area contributed by atoms with Crippen molar-refractivity contribution in [2.24, 2.45) is 17.3 Å². The molecule has 1 amide bonds. The Morgan fingerprint density at radius 1 is 1.32 bits per heavy atom. The number of carbonyl (C=O) groups is 1. The summed E-state index contributed by atoms with van der Waals surface area (Å²) in [6.07, 6.45) is 7.11. The van der Waals surface area contributed by atoms with E-state index in [0.717, 1.165) is 38.8 Å².